The van der Waals surface area contributed by atoms with E-state index in [1.54, 1.807) is 0 Å². The summed E-state index contributed by atoms with van der Waals surface area (Å²) in [6, 6.07) is 0. The largest absolute Gasteiger partial charge is 0.264 e. The van der Waals surface area contributed by atoms with E-state index in [-0.39, 0.29) is 5.01 Å². The Morgan fingerprint density at radius 1 is 2.33 bits per heavy atom. The van der Waals surface area contributed by atoms with Crippen LogP contribution in [0.2, 0.25) is 0 Å². The SMILES string of the molecule is [2H]C([2H])([2H])C([2H])([2H])N(C)N=O. The van der Waals surface area contributed by atoms with Gasteiger partial charge in [-0.3, -0.25) is 5.01 Å². The molecule has 6 heavy (non-hydrogen) atoms. The molecule has 0 heterocycles. The fourth-order valence-corrected chi connectivity index (χ4v) is 0.0204. The number of hydrogen-bond acceptors (Lipinski definition) is 2. The summed E-state index contributed by atoms with van der Waals surface area (Å²) >= 11 is 0. The Bertz CT molecular complexity index is 154. The van der Waals surface area contributed by atoms with Crippen molar-refractivity contribution in [2.75, 3.05) is 13.5 Å². The summed E-state index contributed by atoms with van der Waals surface area (Å²) < 4.78 is 33.9. The van der Waals surface area contributed by atoms with Gasteiger partial charge in [-0.05, 0) is 6.85 Å². The maximum absolute atomic E-state index is 9.78. The van der Waals surface area contributed by atoms with Crippen LogP contribution in [0.25, 0.3) is 0 Å². The second-order valence-electron chi connectivity index (χ2n) is 0.717. The molecule has 0 saturated heterocycles. The van der Waals surface area contributed by atoms with Gasteiger partial charge in [0.25, 0.3) is 0 Å². The van der Waals surface area contributed by atoms with Gasteiger partial charge in [-0.15, -0.1) is 4.91 Å². The molecular weight excluding hydrogens is 80.0 g/mol. The topological polar surface area (TPSA) is 32.7 Å². The zero-order valence-electron chi connectivity index (χ0n) is 8.30. The van der Waals surface area contributed by atoms with Crippen molar-refractivity contribution in [3.8, 4) is 0 Å². The molecule has 0 atom stereocenters. The molecule has 0 saturated carbocycles. The van der Waals surface area contributed by atoms with Crippen LogP contribution in [0.1, 0.15) is 13.7 Å². The number of nitroso groups, excluding NO2 is 1. The van der Waals surface area contributed by atoms with Gasteiger partial charge in [0.2, 0.25) is 0 Å². The highest BCUT2D eigenvalue weighted by Crippen LogP contribution is 1.74. The molecule has 3 heteroatoms. The molecular formula is C3H8N2O. The molecule has 0 radical (unpaired) electrons. The fourth-order valence-electron chi connectivity index (χ4n) is 0.0204. The molecule has 0 N–H and O–H groups in total. The Morgan fingerprint density at radius 3 is 3.17 bits per heavy atom. The van der Waals surface area contributed by atoms with Gasteiger partial charge in [-0.2, -0.15) is 0 Å². The average Bonchev–Trinajstić information content (AvgIpc) is 1.83. The minimum atomic E-state index is -2.87. The summed E-state index contributed by atoms with van der Waals surface area (Å²) in [6.07, 6.45) is 0. The van der Waals surface area contributed by atoms with Gasteiger partial charge in [0, 0.05) is 17.7 Å². The molecule has 3 nitrogen and oxygen atoms in total. The van der Waals surface area contributed by atoms with Crippen molar-refractivity contribution in [1.82, 2.24) is 5.01 Å². The molecule has 0 bridgehead atoms. The normalized spacial score (nSPS) is 24.5. The molecule has 0 aromatic rings. The summed E-state index contributed by atoms with van der Waals surface area (Å²) in [6.45, 7) is -5.57. The zero-order chi connectivity index (χ0) is 9.28. The van der Waals surface area contributed by atoms with E-state index in [0.717, 1.165) is 7.05 Å². The molecule has 0 aliphatic heterocycles. The molecule has 0 aliphatic carbocycles. The molecule has 36 valence electrons. The summed E-state index contributed by atoms with van der Waals surface area (Å²) in [7, 11) is 0.972. The third kappa shape index (κ3) is 1.69. The first kappa shape index (κ1) is 1.18. The lowest BCUT2D eigenvalue weighted by Gasteiger charge is -1.99. The van der Waals surface area contributed by atoms with Crippen molar-refractivity contribution in [3.05, 3.63) is 4.91 Å². The molecule has 0 aromatic heterocycles. The van der Waals surface area contributed by atoms with E-state index in [1.165, 1.54) is 0 Å². The first-order valence-corrected chi connectivity index (χ1v) is 1.30. The number of rotatable bonds is 2. The average molecular weight is 93.1 g/mol. The van der Waals surface area contributed by atoms with E-state index >= 15 is 0 Å². The van der Waals surface area contributed by atoms with E-state index < -0.39 is 13.3 Å². The summed E-state index contributed by atoms with van der Waals surface area (Å²) in [5.74, 6) is 0. The lowest BCUT2D eigenvalue weighted by molar-refractivity contribution is 0.370. The smallest absolute Gasteiger partial charge is 0.0521 e. The standard InChI is InChI=1S/C3H8N2O/c1-3-5(2)4-6/h3H2,1-2H3/i1D3,3D2. The van der Waals surface area contributed by atoms with Crippen molar-refractivity contribution >= 4 is 0 Å². The number of hydrogen-bond donors (Lipinski definition) is 0. The maximum atomic E-state index is 9.78. The Hall–Kier alpha value is -0.600. The Morgan fingerprint density at radius 2 is 3.00 bits per heavy atom. The Labute approximate surface area is 43.9 Å². The van der Waals surface area contributed by atoms with Gasteiger partial charge in [-0.1, -0.05) is 0 Å². The molecule has 0 unspecified atom stereocenters. The lowest BCUT2D eigenvalue weighted by Crippen LogP contribution is -2.06. The van der Waals surface area contributed by atoms with Crippen LogP contribution in [0.15, 0.2) is 5.29 Å². The van der Waals surface area contributed by atoms with Crippen LogP contribution in [0.4, 0.5) is 0 Å². The van der Waals surface area contributed by atoms with Crippen LogP contribution >= 0.6 is 0 Å². The van der Waals surface area contributed by atoms with E-state index in [1.807, 2.05) is 0 Å². The third-order valence-electron chi connectivity index (χ3n) is 0.284. The van der Waals surface area contributed by atoms with Crippen molar-refractivity contribution < 1.29 is 6.85 Å². The maximum Gasteiger partial charge on any atom is 0.0521 e. The van der Waals surface area contributed by atoms with Crippen LogP contribution in [0, 0.1) is 4.91 Å². The summed E-state index contributed by atoms with van der Waals surface area (Å²) in [5, 5.41) is 2.41. The molecule has 0 aromatic carbocycles. The molecule has 0 rings (SSSR count). The van der Waals surface area contributed by atoms with Gasteiger partial charge < -0.3 is 0 Å². The van der Waals surface area contributed by atoms with Gasteiger partial charge in [0.05, 0.1) is 8.03 Å². The van der Waals surface area contributed by atoms with Gasteiger partial charge in [-0.25, -0.2) is 0 Å². The van der Waals surface area contributed by atoms with Crippen LogP contribution in [0.5, 0.6) is 0 Å². The van der Waals surface area contributed by atoms with E-state index in [4.69, 9.17) is 6.85 Å². The fraction of sp³-hybridized carbons (Fsp3) is 1.00. The minimum absolute atomic E-state index is 0.236. The molecule has 0 spiro atoms. The van der Waals surface area contributed by atoms with Crippen LogP contribution in [-0.4, -0.2) is 18.6 Å². The third-order valence-corrected chi connectivity index (χ3v) is 0.284. The molecule has 0 aliphatic rings. The molecule has 0 amide bonds. The van der Waals surface area contributed by atoms with E-state index in [0.29, 0.717) is 0 Å². The lowest BCUT2D eigenvalue weighted by atomic mass is 10.8. The predicted octanol–water partition coefficient (Wildman–Crippen LogP) is 0.620. The van der Waals surface area contributed by atoms with E-state index in [2.05, 4.69) is 5.29 Å². The minimum Gasteiger partial charge on any atom is -0.264 e. The highest BCUT2D eigenvalue weighted by Gasteiger charge is 1.80. The quantitative estimate of drug-likeness (QED) is 0.370. The van der Waals surface area contributed by atoms with Gasteiger partial charge in [0.15, 0.2) is 0 Å². The van der Waals surface area contributed by atoms with Gasteiger partial charge in [0.1, 0.15) is 0 Å². The van der Waals surface area contributed by atoms with E-state index in [9.17, 15) is 4.91 Å². The summed E-state index contributed by atoms with van der Waals surface area (Å²) in [4.78, 5) is 9.78. The molecule has 0 fully saturated rings. The van der Waals surface area contributed by atoms with Crippen molar-refractivity contribution in [2.45, 2.75) is 6.85 Å². The number of nitrogens with zero attached hydrogens (tertiary/aromatic N) is 2. The first-order valence-electron chi connectivity index (χ1n) is 3.80. The van der Waals surface area contributed by atoms with Crippen molar-refractivity contribution in [1.29, 1.82) is 0 Å². The second-order valence-corrected chi connectivity index (χ2v) is 0.717. The monoisotopic (exact) mass is 93.1 g/mol. The Balaban J connectivity index is 4.58. The highest BCUT2D eigenvalue weighted by molar-refractivity contribution is 4.29. The zero-order valence-corrected chi connectivity index (χ0v) is 3.30. The van der Waals surface area contributed by atoms with Crippen LogP contribution < -0.4 is 0 Å². The summed E-state index contributed by atoms with van der Waals surface area (Å²) in [5.41, 5.74) is 0. The second kappa shape index (κ2) is 2.63. The highest BCUT2D eigenvalue weighted by atomic mass is 16.3. The Kier molecular flexibility index (Phi) is 0.518. The van der Waals surface area contributed by atoms with Crippen LogP contribution in [-0.2, 0) is 0 Å². The van der Waals surface area contributed by atoms with Crippen LogP contribution in [0.3, 0.4) is 0 Å². The van der Waals surface area contributed by atoms with Crippen molar-refractivity contribution in [2.24, 2.45) is 5.29 Å². The predicted molar refractivity (Wildman–Crippen MR) is 24.1 cm³/mol. The van der Waals surface area contributed by atoms with Gasteiger partial charge >= 0.3 is 0 Å². The first-order chi connectivity index (χ1) is 4.73. The van der Waals surface area contributed by atoms with Crippen molar-refractivity contribution in [3.63, 3.8) is 0 Å².